The van der Waals surface area contributed by atoms with E-state index in [1.807, 2.05) is 30.3 Å². The molecule has 2 aromatic rings. The van der Waals surface area contributed by atoms with Gasteiger partial charge in [-0.25, -0.2) is 9.37 Å². The summed E-state index contributed by atoms with van der Waals surface area (Å²) in [6.45, 7) is 0.481. The molecule has 0 radical (unpaired) electrons. The van der Waals surface area contributed by atoms with Gasteiger partial charge in [0.1, 0.15) is 18.8 Å². The van der Waals surface area contributed by atoms with Crippen LogP contribution >= 0.6 is 0 Å². The van der Waals surface area contributed by atoms with Crippen molar-refractivity contribution in [3.63, 3.8) is 0 Å². The topological polar surface area (TPSA) is 82.8 Å². The normalized spacial score (nSPS) is 24.7. The summed E-state index contributed by atoms with van der Waals surface area (Å²) in [5, 5.41) is 4.04. The highest BCUT2D eigenvalue weighted by molar-refractivity contribution is 5.77. The van der Waals surface area contributed by atoms with Crippen LogP contribution in [0.15, 0.2) is 60.8 Å². The lowest BCUT2D eigenvalue weighted by atomic mass is 9.76. The number of aryl methyl sites for hydroxylation is 1. The molecule has 0 bridgehead atoms. The van der Waals surface area contributed by atoms with E-state index in [0.29, 0.717) is 24.2 Å². The fourth-order valence-corrected chi connectivity index (χ4v) is 2.71. The molecule has 0 saturated heterocycles. The monoisotopic (exact) mass is 299 g/mol. The minimum atomic E-state index is -1.35. The highest BCUT2D eigenvalue weighted by Gasteiger charge is 2.40. The molecule has 0 spiro atoms. The molecule has 1 aliphatic rings. The van der Waals surface area contributed by atoms with E-state index in [1.54, 1.807) is 17.1 Å². The number of nitrogens with two attached hydrogens (primary N) is 2. The predicted molar refractivity (Wildman–Crippen MR) is 83.1 cm³/mol. The summed E-state index contributed by atoms with van der Waals surface area (Å²) in [7, 11) is 0. The molecule has 114 valence electrons. The fraction of sp³-hybridized carbons (Fsp3) is 0.250. The maximum atomic E-state index is 14.7. The van der Waals surface area contributed by atoms with Crippen LogP contribution in [-0.2, 0) is 6.54 Å². The summed E-state index contributed by atoms with van der Waals surface area (Å²) in [4.78, 5) is 3.89. The van der Waals surface area contributed by atoms with Crippen LogP contribution in [-0.4, -0.2) is 26.5 Å². The quantitative estimate of drug-likeness (QED) is 0.899. The van der Waals surface area contributed by atoms with E-state index in [1.165, 1.54) is 12.4 Å². The Balaban J connectivity index is 1.93. The van der Waals surface area contributed by atoms with Gasteiger partial charge in [-0.05, 0) is 29.7 Å². The summed E-state index contributed by atoms with van der Waals surface area (Å²) in [6, 6.07) is 9.53. The molecule has 4 N–H and O–H groups in total. The highest BCUT2D eigenvalue weighted by atomic mass is 19.1. The number of alkyl halides is 1. The molecular weight excluding hydrogens is 281 g/mol. The van der Waals surface area contributed by atoms with Gasteiger partial charge in [-0.1, -0.05) is 30.3 Å². The van der Waals surface area contributed by atoms with Gasteiger partial charge in [-0.2, -0.15) is 5.10 Å². The van der Waals surface area contributed by atoms with Gasteiger partial charge in [0.05, 0.1) is 5.54 Å². The number of halogens is 1. The third kappa shape index (κ3) is 2.65. The van der Waals surface area contributed by atoms with Crippen LogP contribution in [0, 0.1) is 0 Å². The zero-order valence-corrected chi connectivity index (χ0v) is 12.1. The van der Waals surface area contributed by atoms with Crippen molar-refractivity contribution in [2.45, 2.75) is 24.7 Å². The smallest absolute Gasteiger partial charge is 0.143 e. The van der Waals surface area contributed by atoms with Crippen LogP contribution in [0.5, 0.6) is 0 Å². The van der Waals surface area contributed by atoms with Gasteiger partial charge < -0.3 is 11.5 Å². The Morgan fingerprint density at radius 2 is 2.05 bits per heavy atom. The number of benzene rings is 1. The fourth-order valence-electron chi connectivity index (χ4n) is 2.71. The lowest BCUT2D eigenvalue weighted by Gasteiger charge is -2.37. The first-order valence-electron chi connectivity index (χ1n) is 7.10. The molecule has 0 saturated carbocycles. The summed E-state index contributed by atoms with van der Waals surface area (Å²) in [5.41, 5.74) is 13.1. The molecule has 0 aliphatic heterocycles. The summed E-state index contributed by atoms with van der Waals surface area (Å²) < 4.78 is 16.3. The Hall–Kier alpha value is -2.47. The maximum absolute atomic E-state index is 14.7. The van der Waals surface area contributed by atoms with Crippen LogP contribution in [0.25, 0.3) is 5.57 Å². The molecule has 2 unspecified atom stereocenters. The van der Waals surface area contributed by atoms with E-state index in [9.17, 15) is 4.39 Å². The zero-order chi connectivity index (χ0) is 15.6. The van der Waals surface area contributed by atoms with Crippen LogP contribution in [0.4, 0.5) is 4.39 Å². The average molecular weight is 299 g/mol. The molecular formula is C16H18FN5. The second kappa shape index (κ2) is 5.73. The third-order valence-electron chi connectivity index (χ3n) is 3.95. The Kier molecular flexibility index (Phi) is 3.77. The van der Waals surface area contributed by atoms with Crippen LogP contribution in [0.3, 0.4) is 0 Å². The van der Waals surface area contributed by atoms with Crippen molar-refractivity contribution in [1.29, 1.82) is 0 Å². The molecule has 5 nitrogen and oxygen atoms in total. The zero-order valence-electron chi connectivity index (χ0n) is 12.1. The first-order chi connectivity index (χ1) is 10.6. The number of hydrogen-bond donors (Lipinski definition) is 2. The van der Waals surface area contributed by atoms with E-state index in [-0.39, 0.29) is 0 Å². The number of nitrogens with zero attached hydrogens (tertiary/aromatic N) is 3. The number of hydrogen-bond acceptors (Lipinski definition) is 4. The third-order valence-corrected chi connectivity index (χ3v) is 3.95. The van der Waals surface area contributed by atoms with Gasteiger partial charge in [0.25, 0.3) is 0 Å². The van der Waals surface area contributed by atoms with E-state index in [2.05, 4.69) is 10.1 Å². The van der Waals surface area contributed by atoms with E-state index in [4.69, 9.17) is 11.5 Å². The molecule has 6 heteroatoms. The van der Waals surface area contributed by atoms with Crippen LogP contribution in [0.2, 0.25) is 0 Å². The number of aromatic nitrogens is 3. The lowest BCUT2D eigenvalue weighted by molar-refractivity contribution is 0.261. The predicted octanol–water partition coefficient (Wildman–Crippen LogP) is 1.64. The minimum Gasteiger partial charge on any atom is -0.399 e. The Labute approximate surface area is 128 Å². The van der Waals surface area contributed by atoms with E-state index >= 15 is 0 Å². The van der Waals surface area contributed by atoms with Gasteiger partial charge in [0.2, 0.25) is 0 Å². The maximum Gasteiger partial charge on any atom is 0.143 e. The number of allylic oxidation sites excluding steroid dienone is 1. The Bertz CT molecular complexity index is 693. The van der Waals surface area contributed by atoms with Crippen molar-refractivity contribution in [2.75, 3.05) is 0 Å². The Morgan fingerprint density at radius 3 is 2.73 bits per heavy atom. The lowest BCUT2D eigenvalue weighted by Crippen LogP contribution is -2.51. The summed E-state index contributed by atoms with van der Waals surface area (Å²) in [5.74, 6) is 0. The minimum absolute atomic E-state index is 0.391. The molecule has 1 aromatic carbocycles. The first-order valence-corrected chi connectivity index (χ1v) is 7.10. The van der Waals surface area contributed by atoms with Crippen molar-refractivity contribution >= 4 is 5.57 Å². The first kappa shape index (κ1) is 14.5. The van der Waals surface area contributed by atoms with Gasteiger partial charge in [0.15, 0.2) is 0 Å². The van der Waals surface area contributed by atoms with Crippen molar-refractivity contribution in [3.8, 4) is 0 Å². The van der Waals surface area contributed by atoms with Crippen molar-refractivity contribution in [1.82, 2.24) is 14.8 Å². The molecule has 2 atom stereocenters. The summed E-state index contributed by atoms with van der Waals surface area (Å²) in [6.07, 6.45) is 5.21. The van der Waals surface area contributed by atoms with Crippen molar-refractivity contribution in [3.05, 3.63) is 66.4 Å². The molecule has 1 aromatic heterocycles. The van der Waals surface area contributed by atoms with Gasteiger partial charge >= 0.3 is 0 Å². The largest absolute Gasteiger partial charge is 0.399 e. The second-order valence-electron chi connectivity index (χ2n) is 5.44. The highest BCUT2D eigenvalue weighted by Crippen LogP contribution is 2.37. The Morgan fingerprint density at radius 1 is 1.27 bits per heavy atom. The van der Waals surface area contributed by atoms with Crippen LogP contribution in [0.1, 0.15) is 12.0 Å². The van der Waals surface area contributed by atoms with Gasteiger partial charge in [-0.15, -0.1) is 0 Å². The van der Waals surface area contributed by atoms with E-state index in [0.717, 1.165) is 5.56 Å². The van der Waals surface area contributed by atoms with Crippen molar-refractivity contribution in [2.24, 2.45) is 11.5 Å². The van der Waals surface area contributed by atoms with Gasteiger partial charge in [0, 0.05) is 12.2 Å². The van der Waals surface area contributed by atoms with E-state index < -0.39 is 11.7 Å². The van der Waals surface area contributed by atoms with Gasteiger partial charge in [-0.3, -0.25) is 4.68 Å². The molecule has 0 amide bonds. The average Bonchev–Trinajstić information content (AvgIpc) is 3.03. The summed E-state index contributed by atoms with van der Waals surface area (Å²) >= 11 is 0. The van der Waals surface area contributed by atoms with Crippen LogP contribution < -0.4 is 11.5 Å². The molecule has 0 fully saturated rings. The second-order valence-corrected chi connectivity index (χ2v) is 5.44. The molecule has 3 rings (SSSR count). The molecule has 1 aliphatic carbocycles. The molecule has 22 heavy (non-hydrogen) atoms. The number of rotatable bonds is 4. The standard InChI is InChI=1S/C16H18FN5/c17-15-9-13(18)8-14(12-4-2-1-3-5-12)16(15,19)6-7-22-11-20-10-21-22/h1-5,8-11,15H,6-7,18-19H2. The molecule has 1 heterocycles. The SMILES string of the molecule is NC1=CC(F)C(N)(CCn2cncn2)C(c2ccccc2)=C1. The van der Waals surface area contributed by atoms with Crippen molar-refractivity contribution < 1.29 is 4.39 Å².